The van der Waals surface area contributed by atoms with Crippen molar-refractivity contribution in [1.82, 2.24) is 4.90 Å². The van der Waals surface area contributed by atoms with E-state index < -0.39 is 11.6 Å². The summed E-state index contributed by atoms with van der Waals surface area (Å²) in [6.45, 7) is 1.27. The molecule has 2 rings (SSSR count). The molecule has 0 aromatic heterocycles. The molecule has 1 aliphatic rings. The molecular formula is C12H14F2N2S. The van der Waals surface area contributed by atoms with Crippen molar-refractivity contribution in [3.63, 3.8) is 0 Å². The van der Waals surface area contributed by atoms with Crippen LogP contribution in [-0.4, -0.2) is 22.5 Å². The van der Waals surface area contributed by atoms with Crippen molar-refractivity contribution in [3.05, 3.63) is 35.4 Å². The zero-order valence-corrected chi connectivity index (χ0v) is 10.1. The van der Waals surface area contributed by atoms with Crippen LogP contribution in [0.2, 0.25) is 0 Å². The second kappa shape index (κ2) is 5.06. The van der Waals surface area contributed by atoms with E-state index in [9.17, 15) is 8.78 Å². The predicted octanol–water partition coefficient (Wildman–Crippen LogP) is 2.22. The van der Waals surface area contributed by atoms with Gasteiger partial charge in [0.2, 0.25) is 0 Å². The van der Waals surface area contributed by atoms with Crippen molar-refractivity contribution in [2.75, 3.05) is 6.54 Å². The van der Waals surface area contributed by atoms with Crippen molar-refractivity contribution in [3.8, 4) is 0 Å². The monoisotopic (exact) mass is 256 g/mol. The predicted molar refractivity (Wildman–Crippen MR) is 66.6 cm³/mol. The molecule has 92 valence electrons. The van der Waals surface area contributed by atoms with E-state index in [-0.39, 0.29) is 6.04 Å². The van der Waals surface area contributed by atoms with Crippen molar-refractivity contribution in [2.24, 2.45) is 5.73 Å². The molecule has 2 nitrogen and oxygen atoms in total. The van der Waals surface area contributed by atoms with E-state index in [1.807, 2.05) is 4.90 Å². The van der Waals surface area contributed by atoms with E-state index in [1.54, 1.807) is 0 Å². The Morgan fingerprint density at radius 2 is 2.24 bits per heavy atom. The lowest BCUT2D eigenvalue weighted by Gasteiger charge is -2.23. The molecule has 1 aliphatic heterocycles. The van der Waals surface area contributed by atoms with Gasteiger partial charge in [0.25, 0.3) is 0 Å². The fourth-order valence-electron chi connectivity index (χ4n) is 2.21. The Hall–Kier alpha value is -1.07. The van der Waals surface area contributed by atoms with Crippen LogP contribution < -0.4 is 5.73 Å². The van der Waals surface area contributed by atoms with Crippen LogP contribution in [0.5, 0.6) is 0 Å². The van der Waals surface area contributed by atoms with Crippen molar-refractivity contribution in [2.45, 2.75) is 25.4 Å². The summed E-state index contributed by atoms with van der Waals surface area (Å²) in [5.41, 5.74) is 6.12. The lowest BCUT2D eigenvalue weighted by atomic mass is 10.1. The van der Waals surface area contributed by atoms with Gasteiger partial charge < -0.3 is 5.73 Å². The highest BCUT2D eigenvalue weighted by molar-refractivity contribution is 7.80. The third kappa shape index (κ3) is 2.79. The van der Waals surface area contributed by atoms with Crippen molar-refractivity contribution >= 4 is 17.2 Å². The molecule has 1 unspecified atom stereocenters. The molecule has 0 aliphatic carbocycles. The van der Waals surface area contributed by atoms with E-state index in [0.717, 1.165) is 25.5 Å². The number of benzene rings is 1. The molecule has 1 heterocycles. The molecule has 1 saturated heterocycles. The smallest absolute Gasteiger partial charge is 0.130 e. The molecular weight excluding hydrogens is 242 g/mol. The molecule has 1 atom stereocenters. The molecule has 0 amide bonds. The molecule has 1 aromatic carbocycles. The summed E-state index contributed by atoms with van der Waals surface area (Å²) in [6.07, 6.45) is 1.92. The summed E-state index contributed by atoms with van der Waals surface area (Å²) in [5, 5.41) is 0. The number of thiocarbonyl (C=S) groups is 1. The Balaban J connectivity index is 2.12. The van der Waals surface area contributed by atoms with Gasteiger partial charge in [0, 0.05) is 18.2 Å². The van der Waals surface area contributed by atoms with Crippen molar-refractivity contribution in [1.29, 1.82) is 0 Å². The molecule has 0 bridgehead atoms. The summed E-state index contributed by atoms with van der Waals surface area (Å²) in [5.74, 6) is -1.07. The van der Waals surface area contributed by atoms with Crippen LogP contribution in [0.15, 0.2) is 18.2 Å². The average Bonchev–Trinajstić information content (AvgIpc) is 2.70. The van der Waals surface area contributed by atoms with Gasteiger partial charge in [-0.1, -0.05) is 18.3 Å². The summed E-state index contributed by atoms with van der Waals surface area (Å²) in [6, 6.07) is 3.68. The summed E-state index contributed by atoms with van der Waals surface area (Å²) in [7, 11) is 0. The highest BCUT2D eigenvalue weighted by atomic mass is 32.1. The quantitative estimate of drug-likeness (QED) is 0.841. The van der Waals surface area contributed by atoms with Crippen LogP contribution in [-0.2, 0) is 6.54 Å². The van der Waals surface area contributed by atoms with Gasteiger partial charge in [-0.25, -0.2) is 8.78 Å². The molecule has 5 heteroatoms. The highest BCUT2D eigenvalue weighted by Gasteiger charge is 2.27. The van der Waals surface area contributed by atoms with Gasteiger partial charge in [0.1, 0.15) is 11.6 Å². The summed E-state index contributed by atoms with van der Waals surface area (Å²) in [4.78, 5) is 2.49. The first-order valence-corrected chi connectivity index (χ1v) is 5.96. The maximum atomic E-state index is 13.5. The standard InChI is InChI=1S/C12H14F2N2S/c13-9-4-3-8(10(14)6-9)7-16-5-1-2-11(16)12(15)17/h3-4,6,11H,1-2,5,7H2,(H2,15,17). The van der Waals surface area contributed by atoms with Gasteiger partial charge in [-0.05, 0) is 25.5 Å². The average molecular weight is 256 g/mol. The van der Waals surface area contributed by atoms with E-state index in [1.165, 1.54) is 12.1 Å². The molecule has 2 N–H and O–H groups in total. The third-order valence-electron chi connectivity index (χ3n) is 3.08. The first kappa shape index (κ1) is 12.4. The maximum absolute atomic E-state index is 13.5. The topological polar surface area (TPSA) is 29.3 Å². The van der Waals surface area contributed by atoms with Gasteiger partial charge in [-0.15, -0.1) is 0 Å². The van der Waals surface area contributed by atoms with Gasteiger partial charge in [0.05, 0.1) is 11.0 Å². The van der Waals surface area contributed by atoms with Crippen molar-refractivity contribution < 1.29 is 8.78 Å². The SMILES string of the molecule is NC(=S)C1CCCN1Cc1ccc(F)cc1F. The molecule has 17 heavy (non-hydrogen) atoms. The number of halogens is 2. The Morgan fingerprint density at radius 1 is 1.47 bits per heavy atom. The van der Waals surface area contributed by atoms with Crippen LogP contribution in [0.4, 0.5) is 8.78 Å². The first-order chi connectivity index (χ1) is 8.08. The molecule has 0 radical (unpaired) electrons. The minimum atomic E-state index is -0.557. The Labute approximate surface area is 104 Å². The van der Waals surface area contributed by atoms with Crippen LogP contribution in [0.25, 0.3) is 0 Å². The van der Waals surface area contributed by atoms with Crippen LogP contribution in [0.1, 0.15) is 18.4 Å². The minimum absolute atomic E-state index is 0.0365. The molecule has 1 fully saturated rings. The number of hydrogen-bond acceptors (Lipinski definition) is 2. The zero-order chi connectivity index (χ0) is 12.4. The van der Waals surface area contributed by atoms with Crippen LogP contribution in [0.3, 0.4) is 0 Å². The Kier molecular flexibility index (Phi) is 3.69. The number of nitrogens with zero attached hydrogens (tertiary/aromatic N) is 1. The fraction of sp³-hybridized carbons (Fsp3) is 0.417. The number of nitrogens with two attached hydrogens (primary N) is 1. The van der Waals surface area contributed by atoms with E-state index >= 15 is 0 Å². The molecule has 0 saturated carbocycles. The van der Waals surface area contributed by atoms with Gasteiger partial charge in [-0.3, -0.25) is 4.90 Å². The Bertz CT molecular complexity index is 437. The van der Waals surface area contributed by atoms with Crippen LogP contribution in [0, 0.1) is 11.6 Å². The highest BCUT2D eigenvalue weighted by Crippen LogP contribution is 2.21. The molecule has 1 aromatic rings. The number of likely N-dealkylation sites (tertiary alicyclic amines) is 1. The number of hydrogen-bond donors (Lipinski definition) is 1. The third-order valence-corrected chi connectivity index (χ3v) is 3.35. The zero-order valence-electron chi connectivity index (χ0n) is 9.33. The summed E-state index contributed by atoms with van der Waals surface area (Å²) < 4.78 is 26.3. The maximum Gasteiger partial charge on any atom is 0.130 e. The first-order valence-electron chi connectivity index (χ1n) is 5.55. The molecule has 0 spiro atoms. The van der Waals surface area contributed by atoms with Crippen LogP contribution >= 0.6 is 12.2 Å². The van der Waals surface area contributed by atoms with Gasteiger partial charge >= 0.3 is 0 Å². The second-order valence-corrected chi connectivity index (χ2v) is 4.74. The normalized spacial score (nSPS) is 20.7. The van der Waals surface area contributed by atoms with Gasteiger partial charge in [-0.2, -0.15) is 0 Å². The largest absolute Gasteiger partial charge is 0.392 e. The van der Waals surface area contributed by atoms with E-state index in [2.05, 4.69) is 0 Å². The van der Waals surface area contributed by atoms with E-state index in [4.69, 9.17) is 18.0 Å². The lowest BCUT2D eigenvalue weighted by molar-refractivity contribution is 0.290. The Morgan fingerprint density at radius 3 is 2.88 bits per heavy atom. The lowest BCUT2D eigenvalue weighted by Crippen LogP contribution is -2.38. The minimum Gasteiger partial charge on any atom is -0.392 e. The summed E-state index contributed by atoms with van der Waals surface area (Å²) >= 11 is 4.98. The van der Waals surface area contributed by atoms with E-state index in [0.29, 0.717) is 17.1 Å². The second-order valence-electron chi connectivity index (χ2n) is 4.27. The fourth-order valence-corrected chi connectivity index (χ4v) is 2.47. The van der Waals surface area contributed by atoms with Gasteiger partial charge in [0.15, 0.2) is 0 Å². The number of rotatable bonds is 3.